The van der Waals surface area contributed by atoms with E-state index in [0.29, 0.717) is 23.3 Å². The molecule has 0 aliphatic carbocycles. The number of sulfonamides is 1. The molecule has 1 N–H and O–H groups in total. The van der Waals surface area contributed by atoms with E-state index < -0.39 is 10.0 Å². The molecule has 5 nitrogen and oxygen atoms in total. The Kier molecular flexibility index (Phi) is 4.14. The zero-order valence-corrected chi connectivity index (χ0v) is 13.3. The molecule has 2 saturated heterocycles. The van der Waals surface area contributed by atoms with Crippen LogP contribution in [0.2, 0.25) is 0 Å². The van der Waals surface area contributed by atoms with E-state index in [2.05, 4.69) is 10.2 Å². The third-order valence-electron chi connectivity index (χ3n) is 4.08. The second kappa shape index (κ2) is 5.73. The number of hydrogen-bond donors (Lipinski definition) is 1. The standard InChI is InChI=1S/C13H21N3O2S2/c1-2-12-3-4-13(19-12)20(17,18)16-9-11(10-16)15-7-5-14-6-8-15/h3-4,11,14H,2,5-10H2,1H3. The Morgan fingerprint density at radius 3 is 2.60 bits per heavy atom. The molecule has 0 aromatic carbocycles. The van der Waals surface area contributed by atoms with E-state index in [9.17, 15) is 8.42 Å². The second-order valence-electron chi connectivity index (χ2n) is 5.34. The monoisotopic (exact) mass is 315 g/mol. The summed E-state index contributed by atoms with van der Waals surface area (Å²) >= 11 is 1.40. The van der Waals surface area contributed by atoms with E-state index in [1.807, 2.05) is 13.0 Å². The van der Waals surface area contributed by atoms with Crippen LogP contribution in [0.25, 0.3) is 0 Å². The van der Waals surface area contributed by atoms with Crippen LogP contribution >= 0.6 is 11.3 Å². The van der Waals surface area contributed by atoms with Gasteiger partial charge in [0.05, 0.1) is 0 Å². The van der Waals surface area contributed by atoms with Crippen molar-refractivity contribution < 1.29 is 8.42 Å². The van der Waals surface area contributed by atoms with E-state index in [1.165, 1.54) is 11.3 Å². The summed E-state index contributed by atoms with van der Waals surface area (Å²) in [5.74, 6) is 0. The zero-order chi connectivity index (χ0) is 14.2. The molecule has 112 valence electrons. The van der Waals surface area contributed by atoms with Gasteiger partial charge in [-0.1, -0.05) is 6.92 Å². The lowest BCUT2D eigenvalue weighted by molar-refractivity contribution is 0.0774. The van der Waals surface area contributed by atoms with Crippen LogP contribution in [0, 0.1) is 0 Å². The SMILES string of the molecule is CCc1ccc(S(=O)(=O)N2CC(N3CCNCC3)C2)s1. The van der Waals surface area contributed by atoms with Gasteiger partial charge in [-0.3, -0.25) is 4.90 Å². The molecule has 20 heavy (non-hydrogen) atoms. The van der Waals surface area contributed by atoms with Crippen molar-refractivity contribution in [2.24, 2.45) is 0 Å². The van der Waals surface area contributed by atoms with Crippen molar-refractivity contribution in [1.29, 1.82) is 0 Å². The molecule has 1 aromatic rings. The third-order valence-corrected chi connectivity index (χ3v) is 7.60. The Morgan fingerprint density at radius 2 is 2.00 bits per heavy atom. The van der Waals surface area contributed by atoms with Crippen molar-refractivity contribution in [2.45, 2.75) is 23.6 Å². The number of hydrogen-bond acceptors (Lipinski definition) is 5. The average molecular weight is 315 g/mol. The smallest absolute Gasteiger partial charge is 0.252 e. The topological polar surface area (TPSA) is 52.7 Å². The number of nitrogens with zero attached hydrogens (tertiary/aromatic N) is 2. The minimum absolute atomic E-state index is 0.400. The fraction of sp³-hybridized carbons (Fsp3) is 0.692. The minimum Gasteiger partial charge on any atom is -0.314 e. The van der Waals surface area contributed by atoms with E-state index in [4.69, 9.17) is 0 Å². The minimum atomic E-state index is -3.25. The van der Waals surface area contributed by atoms with E-state index in [0.717, 1.165) is 37.5 Å². The van der Waals surface area contributed by atoms with Crippen LogP contribution in [0.1, 0.15) is 11.8 Å². The van der Waals surface area contributed by atoms with Crippen molar-refractivity contribution in [3.8, 4) is 0 Å². The van der Waals surface area contributed by atoms with E-state index >= 15 is 0 Å². The first kappa shape index (κ1) is 14.5. The summed E-state index contributed by atoms with van der Waals surface area (Å²) in [6, 6.07) is 4.07. The van der Waals surface area contributed by atoms with Crippen molar-refractivity contribution in [2.75, 3.05) is 39.3 Å². The molecule has 2 aliphatic rings. The first-order chi connectivity index (χ1) is 9.61. The summed E-state index contributed by atoms with van der Waals surface area (Å²) < 4.78 is 27.1. The average Bonchev–Trinajstić information content (AvgIpc) is 2.87. The van der Waals surface area contributed by atoms with Crippen LogP contribution in [0.5, 0.6) is 0 Å². The lowest BCUT2D eigenvalue weighted by atomic mass is 10.1. The van der Waals surface area contributed by atoms with Gasteiger partial charge in [-0.25, -0.2) is 8.42 Å². The summed E-state index contributed by atoms with van der Waals surface area (Å²) in [7, 11) is -3.25. The molecule has 0 unspecified atom stereocenters. The predicted octanol–water partition coefficient (Wildman–Crippen LogP) is 0.589. The number of thiophene rings is 1. The van der Waals surface area contributed by atoms with Gasteiger partial charge < -0.3 is 5.32 Å². The maximum Gasteiger partial charge on any atom is 0.252 e. The molecule has 1 aromatic heterocycles. The van der Waals surface area contributed by atoms with E-state index in [-0.39, 0.29) is 0 Å². The Balaban J connectivity index is 1.63. The van der Waals surface area contributed by atoms with Crippen molar-refractivity contribution in [3.05, 3.63) is 17.0 Å². The molecule has 7 heteroatoms. The van der Waals surface area contributed by atoms with Crippen LogP contribution in [-0.4, -0.2) is 62.9 Å². The van der Waals surface area contributed by atoms with Gasteiger partial charge in [0.1, 0.15) is 4.21 Å². The van der Waals surface area contributed by atoms with Gasteiger partial charge in [0.25, 0.3) is 10.0 Å². The molecule has 0 amide bonds. The Labute approximate surface area is 124 Å². The molecule has 0 saturated carbocycles. The van der Waals surface area contributed by atoms with Gasteiger partial charge in [0, 0.05) is 50.2 Å². The van der Waals surface area contributed by atoms with Crippen LogP contribution < -0.4 is 5.32 Å². The fourth-order valence-corrected chi connectivity index (χ4v) is 5.67. The van der Waals surface area contributed by atoms with Gasteiger partial charge in [-0.15, -0.1) is 11.3 Å². The van der Waals surface area contributed by atoms with Crippen LogP contribution in [-0.2, 0) is 16.4 Å². The van der Waals surface area contributed by atoms with Crippen LogP contribution in [0.4, 0.5) is 0 Å². The summed E-state index contributed by atoms with van der Waals surface area (Å²) in [4.78, 5) is 3.52. The third kappa shape index (κ3) is 2.65. The Hall–Kier alpha value is -0.470. The summed E-state index contributed by atoms with van der Waals surface area (Å²) in [5.41, 5.74) is 0. The Morgan fingerprint density at radius 1 is 1.30 bits per heavy atom. The van der Waals surface area contributed by atoms with Crippen molar-refractivity contribution in [1.82, 2.24) is 14.5 Å². The van der Waals surface area contributed by atoms with Crippen molar-refractivity contribution in [3.63, 3.8) is 0 Å². The molecule has 0 atom stereocenters. The second-order valence-corrected chi connectivity index (χ2v) is 8.67. The molecular weight excluding hydrogens is 294 g/mol. The Bertz CT molecular complexity index is 558. The van der Waals surface area contributed by atoms with Gasteiger partial charge in [-0.05, 0) is 18.6 Å². The van der Waals surface area contributed by atoms with Gasteiger partial charge in [-0.2, -0.15) is 4.31 Å². The molecule has 0 radical (unpaired) electrons. The maximum absolute atomic E-state index is 12.5. The highest BCUT2D eigenvalue weighted by atomic mass is 32.2. The summed E-state index contributed by atoms with van der Waals surface area (Å²) in [6.45, 7) is 7.40. The van der Waals surface area contributed by atoms with Gasteiger partial charge in [0.15, 0.2) is 0 Å². The largest absolute Gasteiger partial charge is 0.314 e. The van der Waals surface area contributed by atoms with Gasteiger partial charge in [0.2, 0.25) is 0 Å². The van der Waals surface area contributed by atoms with Crippen LogP contribution in [0.15, 0.2) is 16.3 Å². The highest BCUT2D eigenvalue weighted by molar-refractivity contribution is 7.91. The molecule has 3 rings (SSSR count). The van der Waals surface area contributed by atoms with Crippen LogP contribution in [0.3, 0.4) is 0 Å². The number of nitrogens with one attached hydrogen (secondary N) is 1. The molecule has 3 heterocycles. The summed E-state index contributed by atoms with van der Waals surface area (Å²) in [6.07, 6.45) is 0.892. The van der Waals surface area contributed by atoms with E-state index in [1.54, 1.807) is 10.4 Å². The number of aryl methyl sites for hydroxylation is 1. The molecule has 0 spiro atoms. The highest BCUT2D eigenvalue weighted by Gasteiger charge is 2.40. The zero-order valence-electron chi connectivity index (χ0n) is 11.7. The first-order valence-electron chi connectivity index (χ1n) is 7.15. The molecule has 0 bridgehead atoms. The highest BCUT2D eigenvalue weighted by Crippen LogP contribution is 2.29. The molecule has 2 aliphatic heterocycles. The maximum atomic E-state index is 12.5. The fourth-order valence-electron chi connectivity index (χ4n) is 2.71. The lowest BCUT2D eigenvalue weighted by Crippen LogP contribution is -2.63. The number of piperazine rings is 1. The van der Waals surface area contributed by atoms with Crippen molar-refractivity contribution >= 4 is 21.4 Å². The summed E-state index contributed by atoms with van der Waals surface area (Å²) in [5, 5.41) is 3.32. The number of rotatable bonds is 4. The molecular formula is C13H21N3O2S2. The lowest BCUT2D eigenvalue weighted by Gasteiger charge is -2.45. The normalized spacial score (nSPS) is 22.9. The predicted molar refractivity (Wildman–Crippen MR) is 80.7 cm³/mol. The quantitative estimate of drug-likeness (QED) is 0.883. The first-order valence-corrected chi connectivity index (χ1v) is 9.40. The van der Waals surface area contributed by atoms with Gasteiger partial charge >= 0.3 is 0 Å². The molecule has 2 fully saturated rings.